The van der Waals surface area contributed by atoms with Gasteiger partial charge in [0.2, 0.25) is 11.8 Å². The third kappa shape index (κ3) is 6.71. The Morgan fingerprint density at radius 3 is 2.18 bits per heavy atom. The highest BCUT2D eigenvalue weighted by atomic mass is 32.2. The number of anilines is 1. The van der Waals surface area contributed by atoms with Crippen LogP contribution < -0.4 is 14.4 Å². The molecule has 0 aromatic heterocycles. The summed E-state index contributed by atoms with van der Waals surface area (Å²) < 4.78 is 33.5. The van der Waals surface area contributed by atoms with Gasteiger partial charge in [0.15, 0.2) is 0 Å². The van der Waals surface area contributed by atoms with Crippen LogP contribution in [0.5, 0.6) is 5.75 Å². The number of rotatable bonds is 11. The number of carbonyl (C=O) groups is 2. The van der Waals surface area contributed by atoms with Gasteiger partial charge in [-0.1, -0.05) is 17.7 Å². The van der Waals surface area contributed by atoms with Crippen molar-refractivity contribution in [2.45, 2.75) is 39.0 Å². The Bertz CT molecular complexity index is 1060. The van der Waals surface area contributed by atoms with Crippen molar-refractivity contribution in [3.8, 4) is 5.75 Å². The number of hydrogen-bond donors (Lipinski definition) is 1. The van der Waals surface area contributed by atoms with Gasteiger partial charge in [-0.05, 0) is 63.6 Å². The van der Waals surface area contributed by atoms with Crippen LogP contribution in [0.4, 0.5) is 5.69 Å². The summed E-state index contributed by atoms with van der Waals surface area (Å²) in [6.07, 6.45) is -0.0955. The van der Waals surface area contributed by atoms with E-state index in [-0.39, 0.29) is 30.3 Å². The molecule has 0 aliphatic rings. The Morgan fingerprint density at radius 1 is 1.00 bits per heavy atom. The molecule has 0 saturated carbocycles. The number of ether oxygens (including phenoxy) is 1. The fourth-order valence-electron chi connectivity index (χ4n) is 3.50. The highest BCUT2D eigenvalue weighted by molar-refractivity contribution is 7.92. The van der Waals surface area contributed by atoms with Gasteiger partial charge in [0.05, 0.1) is 24.2 Å². The van der Waals surface area contributed by atoms with Gasteiger partial charge in [-0.15, -0.1) is 0 Å². The summed E-state index contributed by atoms with van der Waals surface area (Å²) in [5.74, 6) is 0.0170. The first-order chi connectivity index (χ1) is 15.6. The van der Waals surface area contributed by atoms with Gasteiger partial charge in [-0.25, -0.2) is 8.42 Å². The first kappa shape index (κ1) is 26.2. The lowest BCUT2D eigenvalue weighted by atomic mass is 10.2. The molecule has 2 aromatic rings. The maximum Gasteiger partial charge on any atom is 0.264 e. The monoisotopic (exact) mass is 475 g/mol. The van der Waals surface area contributed by atoms with Crippen molar-refractivity contribution in [3.05, 3.63) is 53.6 Å². The second-order valence-corrected chi connectivity index (χ2v) is 9.47. The molecule has 2 amide bonds. The number of nitrogens with zero attached hydrogens (tertiary/aromatic N) is 2. The standard InChI is InChI=1S/C24H33N3O5S/c1-6-26(7-2)24(29)17-25-23(28)14-15-27(20-9-11-21(32-5)12-10-20)33(30,31)22-13-8-18(3)16-19(22)4/h8-13,16H,6-7,14-15,17H2,1-5H3,(H,25,28). The number of methoxy groups -OCH3 is 1. The van der Waals surface area contributed by atoms with Gasteiger partial charge in [0.25, 0.3) is 10.0 Å². The zero-order chi connectivity index (χ0) is 24.6. The second kappa shape index (κ2) is 11.7. The average Bonchev–Trinajstić information content (AvgIpc) is 2.78. The minimum Gasteiger partial charge on any atom is -0.497 e. The second-order valence-electron chi connectivity index (χ2n) is 7.64. The van der Waals surface area contributed by atoms with E-state index in [0.717, 1.165) is 5.56 Å². The van der Waals surface area contributed by atoms with Crippen molar-refractivity contribution >= 4 is 27.5 Å². The molecule has 2 aromatic carbocycles. The van der Waals surface area contributed by atoms with Gasteiger partial charge >= 0.3 is 0 Å². The lowest BCUT2D eigenvalue weighted by Gasteiger charge is -2.25. The minimum atomic E-state index is -3.93. The van der Waals surface area contributed by atoms with Crippen molar-refractivity contribution in [2.75, 3.05) is 37.6 Å². The fraction of sp³-hybridized carbons (Fsp3) is 0.417. The molecule has 0 radical (unpaired) electrons. The molecule has 0 bridgehead atoms. The molecule has 0 unspecified atom stereocenters. The quantitative estimate of drug-likeness (QED) is 0.539. The Kier molecular flexibility index (Phi) is 9.28. The highest BCUT2D eigenvalue weighted by Crippen LogP contribution is 2.28. The summed E-state index contributed by atoms with van der Waals surface area (Å²) in [6, 6.07) is 11.8. The third-order valence-corrected chi connectivity index (χ3v) is 7.34. The van der Waals surface area contributed by atoms with Crippen LogP contribution in [0.1, 0.15) is 31.4 Å². The topological polar surface area (TPSA) is 96.0 Å². The van der Waals surface area contributed by atoms with Crippen LogP contribution in [0.15, 0.2) is 47.4 Å². The predicted octanol–water partition coefficient (Wildman–Crippen LogP) is 2.88. The molecule has 0 heterocycles. The zero-order valence-electron chi connectivity index (χ0n) is 19.9. The van der Waals surface area contributed by atoms with Crippen LogP contribution in [-0.4, -0.2) is 58.4 Å². The minimum absolute atomic E-state index is 0.0761. The SMILES string of the molecule is CCN(CC)C(=O)CNC(=O)CCN(c1ccc(OC)cc1)S(=O)(=O)c1ccc(C)cc1C. The molecule has 2 rings (SSSR count). The molecule has 0 saturated heterocycles. The normalized spacial score (nSPS) is 11.1. The van der Waals surface area contributed by atoms with E-state index in [1.54, 1.807) is 48.2 Å². The number of sulfonamides is 1. The number of benzene rings is 2. The van der Waals surface area contributed by atoms with Crippen LogP contribution in [0.25, 0.3) is 0 Å². The molecule has 8 nitrogen and oxygen atoms in total. The Balaban J connectivity index is 2.25. The van der Waals surface area contributed by atoms with Gasteiger partial charge in [0.1, 0.15) is 5.75 Å². The van der Waals surface area contributed by atoms with E-state index in [1.165, 1.54) is 11.4 Å². The summed E-state index contributed by atoms with van der Waals surface area (Å²) in [7, 11) is -2.40. The molecule has 0 aliphatic carbocycles. The molecule has 180 valence electrons. The van der Waals surface area contributed by atoms with E-state index in [4.69, 9.17) is 4.74 Å². The molecule has 1 N–H and O–H groups in total. The molecule has 33 heavy (non-hydrogen) atoms. The number of hydrogen-bond acceptors (Lipinski definition) is 5. The Hall–Kier alpha value is -3.07. The van der Waals surface area contributed by atoms with Crippen molar-refractivity contribution in [1.82, 2.24) is 10.2 Å². The van der Waals surface area contributed by atoms with E-state index in [2.05, 4.69) is 5.32 Å². The number of carbonyl (C=O) groups excluding carboxylic acids is 2. The number of aryl methyl sites for hydroxylation is 2. The van der Waals surface area contributed by atoms with E-state index in [9.17, 15) is 18.0 Å². The lowest BCUT2D eigenvalue weighted by molar-refractivity contribution is -0.132. The van der Waals surface area contributed by atoms with Gasteiger partial charge in [0, 0.05) is 26.1 Å². The summed E-state index contributed by atoms with van der Waals surface area (Å²) in [5.41, 5.74) is 2.00. The van der Waals surface area contributed by atoms with Crippen molar-refractivity contribution in [3.63, 3.8) is 0 Å². The lowest BCUT2D eigenvalue weighted by Crippen LogP contribution is -2.41. The van der Waals surface area contributed by atoms with E-state index < -0.39 is 15.9 Å². The molecule has 0 spiro atoms. The third-order valence-electron chi connectivity index (χ3n) is 5.35. The van der Waals surface area contributed by atoms with Crippen LogP contribution in [0.3, 0.4) is 0 Å². The largest absolute Gasteiger partial charge is 0.497 e. The molecular formula is C24H33N3O5S. The smallest absolute Gasteiger partial charge is 0.264 e. The van der Waals surface area contributed by atoms with E-state index in [1.807, 2.05) is 26.8 Å². The average molecular weight is 476 g/mol. The summed E-state index contributed by atoms with van der Waals surface area (Å²) >= 11 is 0. The van der Waals surface area contributed by atoms with Crippen molar-refractivity contribution in [2.24, 2.45) is 0 Å². The first-order valence-corrected chi connectivity index (χ1v) is 12.4. The predicted molar refractivity (Wildman–Crippen MR) is 129 cm³/mol. The van der Waals surface area contributed by atoms with Crippen molar-refractivity contribution in [1.29, 1.82) is 0 Å². The molecule has 9 heteroatoms. The first-order valence-electron chi connectivity index (χ1n) is 10.9. The van der Waals surface area contributed by atoms with Gasteiger partial charge < -0.3 is 15.0 Å². The fourth-order valence-corrected chi connectivity index (χ4v) is 5.17. The number of likely N-dealkylation sites (N-methyl/N-ethyl adjacent to an activating group) is 1. The van der Waals surface area contributed by atoms with Gasteiger partial charge in [-0.2, -0.15) is 0 Å². The Morgan fingerprint density at radius 2 is 1.64 bits per heavy atom. The molecule has 0 fully saturated rings. The maximum atomic E-state index is 13.6. The van der Waals surface area contributed by atoms with Crippen LogP contribution in [0, 0.1) is 13.8 Å². The van der Waals surface area contributed by atoms with Gasteiger partial charge in [-0.3, -0.25) is 13.9 Å². The number of amides is 2. The molecule has 0 atom stereocenters. The summed E-state index contributed by atoms with van der Waals surface area (Å²) in [6.45, 7) is 8.31. The zero-order valence-corrected chi connectivity index (χ0v) is 20.7. The summed E-state index contributed by atoms with van der Waals surface area (Å²) in [5, 5.41) is 2.60. The number of nitrogens with one attached hydrogen (secondary N) is 1. The molecular weight excluding hydrogens is 442 g/mol. The van der Waals surface area contributed by atoms with Crippen LogP contribution >= 0.6 is 0 Å². The van der Waals surface area contributed by atoms with Crippen LogP contribution in [0.2, 0.25) is 0 Å². The molecule has 0 aliphatic heterocycles. The van der Waals surface area contributed by atoms with Crippen molar-refractivity contribution < 1.29 is 22.7 Å². The maximum absolute atomic E-state index is 13.6. The van der Waals surface area contributed by atoms with Crippen LogP contribution in [-0.2, 0) is 19.6 Å². The highest BCUT2D eigenvalue weighted by Gasteiger charge is 2.27. The van der Waals surface area contributed by atoms with E-state index >= 15 is 0 Å². The Labute approximate surface area is 196 Å². The summed E-state index contributed by atoms with van der Waals surface area (Å²) in [4.78, 5) is 26.4. The van der Waals surface area contributed by atoms with E-state index in [0.29, 0.717) is 30.1 Å².